The maximum Gasteiger partial charge on any atom is 0.144 e. The number of para-hydroxylation sites is 1. The molecule has 0 spiro atoms. The second kappa shape index (κ2) is 8.05. The van der Waals surface area contributed by atoms with E-state index >= 15 is 4.39 Å². The van der Waals surface area contributed by atoms with Crippen molar-refractivity contribution >= 4 is 32.7 Å². The van der Waals surface area contributed by atoms with E-state index in [2.05, 4.69) is 45.9 Å². The van der Waals surface area contributed by atoms with E-state index in [-0.39, 0.29) is 11.7 Å². The van der Waals surface area contributed by atoms with Crippen molar-refractivity contribution in [1.29, 1.82) is 0 Å². The number of aromatic nitrogens is 1. The van der Waals surface area contributed by atoms with E-state index in [0.29, 0.717) is 11.3 Å². The molecule has 2 aromatic heterocycles. The summed E-state index contributed by atoms with van der Waals surface area (Å²) in [5.41, 5.74) is 5.58. The minimum absolute atomic E-state index is 0.186. The number of rotatable bonds is 5. The highest BCUT2D eigenvalue weighted by Gasteiger charge is 2.21. The molecule has 3 aromatic carbocycles. The first-order valence-corrected chi connectivity index (χ1v) is 11.6. The third kappa shape index (κ3) is 3.19. The lowest BCUT2D eigenvalue weighted by Crippen LogP contribution is -2.01. The lowest BCUT2D eigenvalue weighted by atomic mass is 9.89. The average molecular weight is 426 g/mol. The number of benzene rings is 3. The van der Waals surface area contributed by atoms with E-state index in [1.54, 1.807) is 12.1 Å². The summed E-state index contributed by atoms with van der Waals surface area (Å²) in [6, 6.07) is 17.8. The Kier molecular flexibility index (Phi) is 5.21. The van der Waals surface area contributed by atoms with E-state index in [4.69, 9.17) is 9.40 Å². The van der Waals surface area contributed by atoms with Crippen molar-refractivity contribution in [1.82, 2.24) is 4.98 Å². The molecule has 0 aliphatic heterocycles. The van der Waals surface area contributed by atoms with Crippen LogP contribution in [0.3, 0.4) is 0 Å². The molecule has 0 saturated heterocycles. The van der Waals surface area contributed by atoms with Gasteiger partial charge < -0.3 is 4.42 Å². The van der Waals surface area contributed by atoms with Crippen molar-refractivity contribution in [2.45, 2.75) is 52.4 Å². The van der Waals surface area contributed by atoms with E-state index in [0.717, 1.165) is 57.0 Å². The normalized spacial score (nSPS) is 12.1. The number of furan rings is 1. The first-order chi connectivity index (χ1) is 15.5. The standard InChI is InChI=1S/C29H28FNO/c1-5-18(6-2)24-16-31-28(21-11-9-12-25(30)27(21)24)23-15-19(17(3)4)14-22-20-10-7-8-13-26(20)32-29(22)23/h7-18H,5-6H2,1-4H3. The SMILES string of the molecule is CCC(CC)c1cnc(-c2cc(C(C)C)cc3c2oc2ccccc23)c2cccc(F)c12. The first kappa shape index (κ1) is 20.7. The van der Waals surface area contributed by atoms with Crippen LogP contribution in [0.2, 0.25) is 0 Å². The molecule has 0 fully saturated rings. The van der Waals surface area contributed by atoms with Gasteiger partial charge in [-0.1, -0.05) is 58.0 Å². The maximum atomic E-state index is 15.2. The Labute approximate surface area is 188 Å². The van der Waals surface area contributed by atoms with Crippen molar-refractivity contribution in [3.63, 3.8) is 0 Å². The summed E-state index contributed by atoms with van der Waals surface area (Å²) in [5, 5.41) is 3.70. The van der Waals surface area contributed by atoms with Gasteiger partial charge >= 0.3 is 0 Å². The Morgan fingerprint density at radius 2 is 1.66 bits per heavy atom. The molecule has 0 aliphatic carbocycles. The summed E-state index contributed by atoms with van der Waals surface area (Å²) < 4.78 is 21.6. The van der Waals surface area contributed by atoms with Gasteiger partial charge in [0.1, 0.15) is 17.0 Å². The lowest BCUT2D eigenvalue weighted by Gasteiger charge is -2.18. The third-order valence-corrected chi connectivity index (χ3v) is 6.74. The number of hydrogen-bond acceptors (Lipinski definition) is 2. The van der Waals surface area contributed by atoms with E-state index in [1.807, 2.05) is 30.5 Å². The van der Waals surface area contributed by atoms with Crippen LogP contribution in [-0.2, 0) is 0 Å². The lowest BCUT2D eigenvalue weighted by molar-refractivity contribution is 0.621. The highest BCUT2D eigenvalue weighted by molar-refractivity contribution is 6.12. The zero-order valence-electron chi connectivity index (χ0n) is 19.1. The predicted octanol–water partition coefficient (Wildman–Crippen LogP) is 8.97. The fourth-order valence-electron chi connectivity index (χ4n) is 4.89. The van der Waals surface area contributed by atoms with Gasteiger partial charge in [0, 0.05) is 33.3 Å². The monoisotopic (exact) mass is 425 g/mol. The van der Waals surface area contributed by atoms with E-state index in [9.17, 15) is 0 Å². The van der Waals surface area contributed by atoms with Gasteiger partial charge in [0.15, 0.2) is 0 Å². The summed E-state index contributed by atoms with van der Waals surface area (Å²) in [5.74, 6) is 0.441. The highest BCUT2D eigenvalue weighted by atomic mass is 19.1. The van der Waals surface area contributed by atoms with Gasteiger partial charge in [-0.05, 0) is 60.1 Å². The Balaban J connectivity index is 1.89. The van der Waals surface area contributed by atoms with Crippen molar-refractivity contribution in [3.8, 4) is 11.3 Å². The van der Waals surface area contributed by atoms with Crippen molar-refractivity contribution in [2.24, 2.45) is 0 Å². The van der Waals surface area contributed by atoms with Crippen molar-refractivity contribution < 1.29 is 8.81 Å². The smallest absolute Gasteiger partial charge is 0.144 e. The zero-order valence-corrected chi connectivity index (χ0v) is 19.1. The van der Waals surface area contributed by atoms with E-state index < -0.39 is 0 Å². The fourth-order valence-corrected chi connectivity index (χ4v) is 4.89. The topological polar surface area (TPSA) is 26.0 Å². The van der Waals surface area contributed by atoms with Crippen molar-refractivity contribution in [3.05, 3.63) is 77.7 Å². The predicted molar refractivity (Wildman–Crippen MR) is 132 cm³/mol. The summed E-state index contributed by atoms with van der Waals surface area (Å²) in [6.07, 6.45) is 3.80. The molecule has 0 atom stereocenters. The minimum Gasteiger partial charge on any atom is -0.455 e. The summed E-state index contributed by atoms with van der Waals surface area (Å²) >= 11 is 0. The van der Waals surface area contributed by atoms with Crippen LogP contribution in [0.4, 0.5) is 4.39 Å². The van der Waals surface area contributed by atoms with Crippen LogP contribution >= 0.6 is 0 Å². The molecule has 5 aromatic rings. The van der Waals surface area contributed by atoms with Gasteiger partial charge in [0.25, 0.3) is 0 Å². The summed E-state index contributed by atoms with van der Waals surface area (Å²) in [7, 11) is 0. The van der Waals surface area contributed by atoms with Crippen LogP contribution in [0, 0.1) is 5.82 Å². The molecule has 0 radical (unpaired) electrons. The van der Waals surface area contributed by atoms with Gasteiger partial charge in [-0.25, -0.2) is 4.39 Å². The van der Waals surface area contributed by atoms with Crippen LogP contribution in [0.1, 0.15) is 63.5 Å². The number of fused-ring (bicyclic) bond motifs is 4. The Bertz CT molecular complexity index is 1440. The number of pyridine rings is 1. The zero-order chi connectivity index (χ0) is 22.4. The average Bonchev–Trinajstić information content (AvgIpc) is 3.18. The van der Waals surface area contributed by atoms with Gasteiger partial charge in [0.05, 0.1) is 5.69 Å². The van der Waals surface area contributed by atoms with Gasteiger partial charge in [-0.3, -0.25) is 4.98 Å². The second-order valence-corrected chi connectivity index (χ2v) is 8.94. The molecule has 0 N–H and O–H groups in total. The fraction of sp³-hybridized carbons (Fsp3) is 0.276. The number of halogens is 1. The van der Waals surface area contributed by atoms with Crippen LogP contribution in [0.15, 0.2) is 65.2 Å². The molecule has 0 unspecified atom stereocenters. The Hall–Kier alpha value is -3.20. The quantitative estimate of drug-likeness (QED) is 0.281. The maximum absolute atomic E-state index is 15.2. The molecule has 32 heavy (non-hydrogen) atoms. The first-order valence-electron chi connectivity index (χ1n) is 11.6. The molecule has 0 saturated carbocycles. The van der Waals surface area contributed by atoms with Crippen LogP contribution < -0.4 is 0 Å². The summed E-state index contributed by atoms with van der Waals surface area (Å²) in [4.78, 5) is 4.93. The molecular weight excluding hydrogens is 397 g/mol. The van der Waals surface area contributed by atoms with E-state index in [1.165, 1.54) is 5.56 Å². The molecule has 2 heterocycles. The van der Waals surface area contributed by atoms with Crippen LogP contribution in [0.25, 0.3) is 44.0 Å². The Morgan fingerprint density at radius 3 is 2.41 bits per heavy atom. The molecule has 0 bridgehead atoms. The van der Waals surface area contributed by atoms with Gasteiger partial charge in [-0.2, -0.15) is 0 Å². The number of nitrogens with zero attached hydrogens (tertiary/aromatic N) is 1. The number of hydrogen-bond donors (Lipinski definition) is 0. The largest absolute Gasteiger partial charge is 0.455 e. The molecule has 0 aliphatic rings. The highest BCUT2D eigenvalue weighted by Crippen LogP contribution is 2.41. The van der Waals surface area contributed by atoms with Crippen LogP contribution in [0.5, 0.6) is 0 Å². The molecule has 2 nitrogen and oxygen atoms in total. The molecule has 0 amide bonds. The second-order valence-electron chi connectivity index (χ2n) is 8.94. The molecule has 3 heteroatoms. The molecular formula is C29H28FNO. The third-order valence-electron chi connectivity index (χ3n) is 6.74. The molecule has 162 valence electrons. The van der Waals surface area contributed by atoms with Gasteiger partial charge in [-0.15, -0.1) is 0 Å². The molecule has 5 rings (SSSR count). The Morgan fingerprint density at radius 1 is 0.906 bits per heavy atom. The van der Waals surface area contributed by atoms with Crippen molar-refractivity contribution in [2.75, 3.05) is 0 Å². The minimum atomic E-state index is -0.186. The van der Waals surface area contributed by atoms with Gasteiger partial charge in [0.2, 0.25) is 0 Å². The van der Waals surface area contributed by atoms with Crippen LogP contribution in [-0.4, -0.2) is 4.98 Å². The summed E-state index contributed by atoms with van der Waals surface area (Å²) in [6.45, 7) is 8.68.